The van der Waals surface area contributed by atoms with Crippen molar-refractivity contribution in [3.05, 3.63) is 10.4 Å². The van der Waals surface area contributed by atoms with Crippen molar-refractivity contribution >= 4 is 28.0 Å². The van der Waals surface area contributed by atoms with Crippen LogP contribution in [0.3, 0.4) is 0 Å². The Hall–Kier alpha value is -1.23. The summed E-state index contributed by atoms with van der Waals surface area (Å²) in [6.07, 6.45) is 10.1. The van der Waals surface area contributed by atoms with Crippen LogP contribution < -0.4 is 11.1 Å². The highest BCUT2D eigenvalue weighted by molar-refractivity contribution is 7.18. The Morgan fingerprint density at radius 3 is 2.43 bits per heavy atom. The summed E-state index contributed by atoms with van der Waals surface area (Å²) in [7, 11) is 1.41. The zero-order valence-corrected chi connectivity index (χ0v) is 13.4. The molecule has 1 aromatic heterocycles. The second-order valence-electron chi connectivity index (χ2n) is 6.19. The molecule has 0 radical (unpaired) electrons. The number of ether oxygens (including phenoxy) is 1. The minimum absolute atomic E-state index is 0.312. The van der Waals surface area contributed by atoms with Crippen LogP contribution in [0, 0.1) is 0 Å². The van der Waals surface area contributed by atoms with Crippen LogP contribution in [0.5, 0.6) is 0 Å². The summed E-state index contributed by atoms with van der Waals surface area (Å²) in [5.74, 6) is 0.223. The van der Waals surface area contributed by atoms with Crippen molar-refractivity contribution < 1.29 is 9.53 Å². The van der Waals surface area contributed by atoms with E-state index in [2.05, 4.69) is 5.32 Å². The summed E-state index contributed by atoms with van der Waals surface area (Å²) in [6.45, 7) is 0. The predicted octanol–water partition coefficient (Wildman–Crippen LogP) is 4.13. The first kappa shape index (κ1) is 14.7. The van der Waals surface area contributed by atoms with Gasteiger partial charge in [-0.1, -0.05) is 25.7 Å². The van der Waals surface area contributed by atoms with E-state index in [4.69, 9.17) is 10.5 Å². The minimum Gasteiger partial charge on any atom is -0.465 e. The zero-order valence-electron chi connectivity index (χ0n) is 12.6. The van der Waals surface area contributed by atoms with E-state index in [1.165, 1.54) is 75.4 Å². The Morgan fingerprint density at radius 2 is 1.86 bits per heavy atom. The van der Waals surface area contributed by atoms with E-state index in [-0.39, 0.29) is 5.97 Å². The second kappa shape index (κ2) is 6.26. The molecule has 3 N–H and O–H groups in total. The Bertz CT molecular complexity index is 515. The lowest BCUT2D eigenvalue weighted by atomic mass is 10.1. The van der Waals surface area contributed by atoms with E-state index in [0.717, 1.165) is 5.00 Å². The molecule has 0 saturated heterocycles. The number of methoxy groups -OCH3 is 1. The molecular formula is C16H24N2O2S. The average molecular weight is 308 g/mol. The molecule has 0 bridgehead atoms. The van der Waals surface area contributed by atoms with Crippen LogP contribution in [0.1, 0.15) is 72.5 Å². The molecule has 3 rings (SSSR count). The van der Waals surface area contributed by atoms with Gasteiger partial charge in [-0.3, -0.25) is 0 Å². The van der Waals surface area contributed by atoms with Gasteiger partial charge in [0.25, 0.3) is 0 Å². The summed E-state index contributed by atoms with van der Waals surface area (Å²) < 4.78 is 4.86. The predicted molar refractivity (Wildman–Crippen MR) is 87.2 cm³/mol. The van der Waals surface area contributed by atoms with E-state index in [9.17, 15) is 4.79 Å². The second-order valence-corrected chi connectivity index (χ2v) is 7.21. The number of carbonyl (C=O) groups is 1. The first-order chi connectivity index (χ1) is 10.2. The van der Waals surface area contributed by atoms with Crippen molar-refractivity contribution in [1.82, 2.24) is 0 Å². The number of rotatable bonds is 4. The smallest absolute Gasteiger partial charge is 0.350 e. The van der Waals surface area contributed by atoms with Crippen LogP contribution in [0.4, 0.5) is 10.7 Å². The molecule has 0 spiro atoms. The minimum atomic E-state index is -0.312. The van der Waals surface area contributed by atoms with Crippen molar-refractivity contribution in [2.24, 2.45) is 0 Å². The highest BCUT2D eigenvalue weighted by atomic mass is 32.1. The molecule has 2 aliphatic rings. The lowest BCUT2D eigenvalue weighted by Crippen LogP contribution is -2.18. The van der Waals surface area contributed by atoms with E-state index in [1.54, 1.807) is 0 Å². The first-order valence-electron chi connectivity index (χ1n) is 7.97. The highest BCUT2D eigenvalue weighted by Crippen LogP contribution is 2.51. The zero-order chi connectivity index (χ0) is 14.8. The van der Waals surface area contributed by atoms with Crippen molar-refractivity contribution in [1.29, 1.82) is 0 Å². The van der Waals surface area contributed by atoms with Gasteiger partial charge in [-0.05, 0) is 31.6 Å². The molecule has 2 fully saturated rings. The molecule has 116 valence electrons. The molecule has 0 aromatic carbocycles. The number of hydrogen-bond acceptors (Lipinski definition) is 5. The maximum Gasteiger partial charge on any atom is 0.350 e. The van der Waals surface area contributed by atoms with E-state index < -0.39 is 0 Å². The van der Waals surface area contributed by atoms with Gasteiger partial charge >= 0.3 is 5.97 Å². The Balaban J connectivity index is 1.84. The molecule has 0 atom stereocenters. The number of carbonyl (C=O) groups excluding carboxylic acids is 1. The standard InChI is InChI=1S/C16H24N2O2S/c1-20-16(19)14-13(17)12(10-8-9-10)15(21-14)18-11-6-4-2-3-5-7-11/h10-11,18H,2-9,17H2,1H3. The summed E-state index contributed by atoms with van der Waals surface area (Å²) in [5, 5.41) is 4.79. The van der Waals surface area contributed by atoms with E-state index >= 15 is 0 Å². The van der Waals surface area contributed by atoms with Crippen molar-refractivity contribution in [3.8, 4) is 0 Å². The monoisotopic (exact) mass is 308 g/mol. The maximum atomic E-state index is 11.9. The maximum absolute atomic E-state index is 11.9. The van der Waals surface area contributed by atoms with Gasteiger partial charge in [0.15, 0.2) is 0 Å². The van der Waals surface area contributed by atoms with Gasteiger partial charge in [-0.2, -0.15) is 0 Å². The molecule has 0 aliphatic heterocycles. The van der Waals surface area contributed by atoms with Gasteiger partial charge in [0, 0.05) is 11.6 Å². The fourth-order valence-corrected chi connectivity index (χ4v) is 4.40. The molecule has 0 unspecified atom stereocenters. The molecule has 5 heteroatoms. The first-order valence-corrected chi connectivity index (χ1v) is 8.79. The van der Waals surface area contributed by atoms with Gasteiger partial charge in [0.2, 0.25) is 0 Å². The normalized spacial score (nSPS) is 20.0. The van der Waals surface area contributed by atoms with Gasteiger partial charge in [0.05, 0.1) is 17.8 Å². The van der Waals surface area contributed by atoms with Gasteiger partial charge < -0.3 is 15.8 Å². The van der Waals surface area contributed by atoms with E-state index in [0.29, 0.717) is 22.5 Å². The molecule has 4 nitrogen and oxygen atoms in total. The molecule has 2 aliphatic carbocycles. The fourth-order valence-electron chi connectivity index (χ4n) is 3.19. The van der Waals surface area contributed by atoms with Crippen LogP contribution in [-0.2, 0) is 4.74 Å². The molecule has 1 aromatic rings. The Kier molecular flexibility index (Phi) is 4.38. The number of anilines is 2. The Labute approximate surface area is 130 Å². The molecular weight excluding hydrogens is 284 g/mol. The van der Waals surface area contributed by atoms with Crippen LogP contribution in [0.2, 0.25) is 0 Å². The SMILES string of the molecule is COC(=O)c1sc(NC2CCCCCC2)c(C2CC2)c1N. The summed E-state index contributed by atoms with van der Waals surface area (Å²) in [6, 6.07) is 0.522. The van der Waals surface area contributed by atoms with Gasteiger partial charge in [-0.15, -0.1) is 11.3 Å². The molecule has 1 heterocycles. The van der Waals surface area contributed by atoms with Crippen molar-refractivity contribution in [3.63, 3.8) is 0 Å². The quantitative estimate of drug-likeness (QED) is 0.648. The number of nitrogen functional groups attached to an aromatic ring is 1. The largest absolute Gasteiger partial charge is 0.465 e. The number of hydrogen-bond donors (Lipinski definition) is 2. The number of nitrogens with one attached hydrogen (secondary N) is 1. The number of thiophene rings is 1. The summed E-state index contributed by atoms with van der Waals surface area (Å²) in [4.78, 5) is 12.4. The average Bonchev–Trinajstić information content (AvgIpc) is 3.28. The third-order valence-electron chi connectivity index (χ3n) is 4.53. The third kappa shape index (κ3) is 3.18. The number of nitrogens with two attached hydrogens (primary N) is 1. The summed E-state index contributed by atoms with van der Waals surface area (Å²) in [5.41, 5.74) is 8.04. The highest BCUT2D eigenvalue weighted by Gasteiger charge is 2.33. The fraction of sp³-hybridized carbons (Fsp3) is 0.688. The van der Waals surface area contributed by atoms with Gasteiger partial charge in [0.1, 0.15) is 4.88 Å². The Morgan fingerprint density at radius 1 is 1.19 bits per heavy atom. The van der Waals surface area contributed by atoms with Crippen LogP contribution in [0.25, 0.3) is 0 Å². The lowest BCUT2D eigenvalue weighted by Gasteiger charge is -2.17. The molecule has 2 saturated carbocycles. The number of esters is 1. The van der Waals surface area contributed by atoms with Crippen molar-refractivity contribution in [2.45, 2.75) is 63.3 Å². The van der Waals surface area contributed by atoms with Crippen LogP contribution in [0.15, 0.2) is 0 Å². The lowest BCUT2D eigenvalue weighted by molar-refractivity contribution is 0.0607. The van der Waals surface area contributed by atoms with Crippen LogP contribution in [-0.4, -0.2) is 19.1 Å². The van der Waals surface area contributed by atoms with Gasteiger partial charge in [-0.25, -0.2) is 4.79 Å². The van der Waals surface area contributed by atoms with Crippen molar-refractivity contribution in [2.75, 3.05) is 18.2 Å². The third-order valence-corrected chi connectivity index (χ3v) is 5.66. The molecule has 21 heavy (non-hydrogen) atoms. The molecule has 0 amide bonds. The van der Waals surface area contributed by atoms with E-state index in [1.807, 2.05) is 0 Å². The van der Waals surface area contributed by atoms with Crippen LogP contribution >= 0.6 is 11.3 Å². The topological polar surface area (TPSA) is 64.3 Å². The summed E-state index contributed by atoms with van der Waals surface area (Å²) >= 11 is 1.48.